The zero-order chi connectivity index (χ0) is 15.5. The minimum absolute atomic E-state index is 0.0879. The Hall–Kier alpha value is -2.25. The SMILES string of the molecule is Cc1ccc2c(C(=O)N(CCO)Cc3nccs3)cnn2c1. The highest BCUT2D eigenvalue weighted by atomic mass is 32.1. The molecule has 3 aromatic heterocycles. The van der Waals surface area contributed by atoms with Gasteiger partial charge in [0.2, 0.25) is 0 Å². The minimum Gasteiger partial charge on any atom is -0.395 e. The maximum atomic E-state index is 12.8. The lowest BCUT2D eigenvalue weighted by atomic mass is 10.2. The first-order chi connectivity index (χ1) is 10.7. The summed E-state index contributed by atoms with van der Waals surface area (Å²) in [5, 5.41) is 16.2. The molecule has 1 N–H and O–H groups in total. The highest BCUT2D eigenvalue weighted by molar-refractivity contribution is 7.09. The van der Waals surface area contributed by atoms with Gasteiger partial charge < -0.3 is 10.0 Å². The second-order valence-electron chi connectivity index (χ2n) is 4.97. The van der Waals surface area contributed by atoms with E-state index in [2.05, 4.69) is 10.1 Å². The van der Waals surface area contributed by atoms with E-state index in [1.807, 2.05) is 30.6 Å². The predicted octanol–water partition coefficient (Wildman–Crippen LogP) is 1.73. The van der Waals surface area contributed by atoms with Crippen molar-refractivity contribution in [3.63, 3.8) is 0 Å². The molecular weight excluding hydrogens is 300 g/mol. The molecule has 0 radical (unpaired) electrons. The molecule has 0 aliphatic heterocycles. The number of aliphatic hydroxyl groups excluding tert-OH is 1. The Labute approximate surface area is 131 Å². The smallest absolute Gasteiger partial charge is 0.258 e. The average Bonchev–Trinajstić information content (AvgIpc) is 3.15. The number of carbonyl (C=O) groups is 1. The number of carbonyl (C=O) groups excluding carboxylic acids is 1. The molecule has 0 aromatic carbocycles. The Kier molecular flexibility index (Phi) is 4.17. The fourth-order valence-corrected chi connectivity index (χ4v) is 2.92. The van der Waals surface area contributed by atoms with Gasteiger partial charge in [-0.1, -0.05) is 6.07 Å². The first-order valence-electron chi connectivity index (χ1n) is 6.91. The van der Waals surface area contributed by atoms with Crippen LogP contribution in [-0.2, 0) is 6.54 Å². The van der Waals surface area contributed by atoms with E-state index in [-0.39, 0.29) is 19.1 Å². The number of hydrogen-bond donors (Lipinski definition) is 1. The van der Waals surface area contributed by atoms with E-state index in [9.17, 15) is 9.90 Å². The van der Waals surface area contributed by atoms with Crippen molar-refractivity contribution in [2.75, 3.05) is 13.2 Å². The van der Waals surface area contributed by atoms with E-state index in [1.165, 1.54) is 11.3 Å². The van der Waals surface area contributed by atoms with Gasteiger partial charge in [-0.25, -0.2) is 9.50 Å². The Morgan fingerprint density at radius 2 is 2.32 bits per heavy atom. The van der Waals surface area contributed by atoms with Crippen LogP contribution in [0, 0.1) is 6.92 Å². The topological polar surface area (TPSA) is 70.7 Å². The van der Waals surface area contributed by atoms with Crippen LogP contribution in [-0.4, -0.2) is 43.7 Å². The monoisotopic (exact) mass is 316 g/mol. The minimum atomic E-state index is -0.150. The third-order valence-electron chi connectivity index (χ3n) is 3.36. The molecule has 0 saturated carbocycles. The van der Waals surface area contributed by atoms with Crippen molar-refractivity contribution in [2.45, 2.75) is 13.5 Å². The molecule has 3 heterocycles. The molecule has 7 heteroatoms. The summed E-state index contributed by atoms with van der Waals surface area (Å²) in [6, 6.07) is 3.83. The quantitative estimate of drug-likeness (QED) is 0.778. The van der Waals surface area contributed by atoms with Crippen molar-refractivity contribution in [3.8, 4) is 0 Å². The lowest BCUT2D eigenvalue weighted by Crippen LogP contribution is -2.33. The number of pyridine rings is 1. The predicted molar refractivity (Wildman–Crippen MR) is 83.9 cm³/mol. The van der Waals surface area contributed by atoms with E-state index in [1.54, 1.807) is 21.8 Å². The van der Waals surface area contributed by atoms with Crippen LogP contribution in [0.15, 0.2) is 36.1 Å². The first-order valence-corrected chi connectivity index (χ1v) is 7.79. The number of thiazole rings is 1. The number of amides is 1. The Morgan fingerprint density at radius 1 is 1.45 bits per heavy atom. The molecule has 0 saturated heterocycles. The summed E-state index contributed by atoms with van der Waals surface area (Å²) in [4.78, 5) is 18.6. The largest absolute Gasteiger partial charge is 0.395 e. The number of hydrogen-bond acceptors (Lipinski definition) is 5. The summed E-state index contributed by atoms with van der Waals surface area (Å²) in [5.74, 6) is -0.150. The normalized spacial score (nSPS) is 11.0. The number of aromatic nitrogens is 3. The van der Waals surface area contributed by atoms with Crippen LogP contribution in [0.2, 0.25) is 0 Å². The molecule has 22 heavy (non-hydrogen) atoms. The molecule has 0 aliphatic carbocycles. The van der Waals surface area contributed by atoms with Gasteiger partial charge in [-0.3, -0.25) is 4.79 Å². The zero-order valence-electron chi connectivity index (χ0n) is 12.1. The standard InChI is InChI=1S/C15H16N4O2S/c1-11-2-3-13-12(8-17-19(13)9-11)15(21)18(5-6-20)10-14-16-4-7-22-14/h2-4,7-9,20H,5-6,10H2,1H3. The molecular formula is C15H16N4O2S. The van der Waals surface area contributed by atoms with Gasteiger partial charge in [0, 0.05) is 24.3 Å². The zero-order valence-corrected chi connectivity index (χ0v) is 13.0. The van der Waals surface area contributed by atoms with Gasteiger partial charge in [-0.15, -0.1) is 11.3 Å². The van der Waals surface area contributed by atoms with Crippen LogP contribution in [0.4, 0.5) is 0 Å². The number of aliphatic hydroxyl groups is 1. The van der Waals surface area contributed by atoms with E-state index in [0.717, 1.165) is 16.1 Å². The Morgan fingerprint density at radius 3 is 3.05 bits per heavy atom. The van der Waals surface area contributed by atoms with Gasteiger partial charge in [0.1, 0.15) is 5.01 Å². The molecule has 114 valence electrons. The van der Waals surface area contributed by atoms with Crippen molar-refractivity contribution >= 4 is 22.8 Å². The van der Waals surface area contributed by atoms with Crippen LogP contribution >= 0.6 is 11.3 Å². The lowest BCUT2D eigenvalue weighted by molar-refractivity contribution is 0.0709. The molecule has 1 amide bonds. The van der Waals surface area contributed by atoms with Crippen LogP contribution in [0.3, 0.4) is 0 Å². The van der Waals surface area contributed by atoms with Crippen molar-refractivity contribution < 1.29 is 9.90 Å². The number of rotatable bonds is 5. The summed E-state index contributed by atoms with van der Waals surface area (Å²) >= 11 is 1.49. The van der Waals surface area contributed by atoms with Crippen molar-refractivity contribution in [1.29, 1.82) is 0 Å². The highest BCUT2D eigenvalue weighted by Crippen LogP contribution is 2.16. The summed E-state index contributed by atoms with van der Waals surface area (Å²) in [6.07, 6.45) is 5.16. The van der Waals surface area contributed by atoms with Gasteiger partial charge >= 0.3 is 0 Å². The molecule has 0 aliphatic rings. The van der Waals surface area contributed by atoms with Crippen molar-refractivity contribution in [1.82, 2.24) is 19.5 Å². The molecule has 0 spiro atoms. The lowest BCUT2D eigenvalue weighted by Gasteiger charge is -2.20. The third-order valence-corrected chi connectivity index (χ3v) is 4.13. The van der Waals surface area contributed by atoms with Gasteiger partial charge in [-0.05, 0) is 18.6 Å². The Bertz CT molecular complexity index is 782. The van der Waals surface area contributed by atoms with E-state index >= 15 is 0 Å². The maximum Gasteiger partial charge on any atom is 0.258 e. The first kappa shape index (κ1) is 14.7. The van der Waals surface area contributed by atoms with Crippen LogP contribution in [0.1, 0.15) is 20.9 Å². The fraction of sp³-hybridized carbons (Fsp3) is 0.267. The maximum absolute atomic E-state index is 12.8. The molecule has 6 nitrogen and oxygen atoms in total. The van der Waals surface area contributed by atoms with Gasteiger partial charge in [0.25, 0.3) is 5.91 Å². The number of aryl methyl sites for hydroxylation is 1. The van der Waals surface area contributed by atoms with Gasteiger partial charge in [-0.2, -0.15) is 5.10 Å². The molecule has 3 rings (SSSR count). The number of nitrogens with zero attached hydrogens (tertiary/aromatic N) is 4. The third kappa shape index (κ3) is 2.86. The van der Waals surface area contributed by atoms with Crippen LogP contribution < -0.4 is 0 Å². The summed E-state index contributed by atoms with van der Waals surface area (Å²) < 4.78 is 1.70. The van der Waals surface area contributed by atoms with E-state index in [4.69, 9.17) is 0 Å². The molecule has 0 fully saturated rings. The summed E-state index contributed by atoms with van der Waals surface area (Å²) in [7, 11) is 0. The second kappa shape index (κ2) is 6.25. The van der Waals surface area contributed by atoms with E-state index in [0.29, 0.717) is 12.1 Å². The van der Waals surface area contributed by atoms with E-state index < -0.39 is 0 Å². The molecule has 3 aromatic rings. The van der Waals surface area contributed by atoms with Crippen LogP contribution in [0.25, 0.3) is 5.52 Å². The Balaban J connectivity index is 1.91. The fourth-order valence-electron chi connectivity index (χ4n) is 2.29. The van der Waals surface area contributed by atoms with Crippen molar-refractivity contribution in [3.05, 3.63) is 52.2 Å². The molecule has 0 bridgehead atoms. The molecule has 0 unspecified atom stereocenters. The molecule has 0 atom stereocenters. The van der Waals surface area contributed by atoms with Gasteiger partial charge in [0.15, 0.2) is 0 Å². The average molecular weight is 316 g/mol. The number of fused-ring (bicyclic) bond motifs is 1. The van der Waals surface area contributed by atoms with Gasteiger partial charge in [0.05, 0.1) is 30.4 Å². The summed E-state index contributed by atoms with van der Waals surface area (Å²) in [5.41, 5.74) is 2.37. The van der Waals surface area contributed by atoms with Crippen molar-refractivity contribution in [2.24, 2.45) is 0 Å². The summed E-state index contributed by atoms with van der Waals surface area (Å²) in [6.45, 7) is 2.54. The highest BCUT2D eigenvalue weighted by Gasteiger charge is 2.20. The second-order valence-corrected chi connectivity index (χ2v) is 5.95. The van der Waals surface area contributed by atoms with Crippen LogP contribution in [0.5, 0.6) is 0 Å².